The zero-order valence-electron chi connectivity index (χ0n) is 13.4. The van der Waals surface area contributed by atoms with Gasteiger partial charge < -0.3 is 10.2 Å². The Morgan fingerprint density at radius 1 is 1.28 bits per heavy atom. The fourth-order valence-electron chi connectivity index (χ4n) is 2.30. The van der Waals surface area contributed by atoms with E-state index in [1.165, 1.54) is 30.3 Å². The highest BCUT2D eigenvalue weighted by Gasteiger charge is 2.16. The average molecular weight is 387 g/mol. The lowest BCUT2D eigenvalue weighted by Crippen LogP contribution is -3.08. The maximum absolute atomic E-state index is 13.8. The highest BCUT2D eigenvalue weighted by molar-refractivity contribution is 7.89. The maximum atomic E-state index is 13.8. The number of likely N-dealkylation sites (N-methyl/N-ethyl adjacent to an activating group) is 1. The first-order valence-corrected chi connectivity index (χ1v) is 9.26. The summed E-state index contributed by atoms with van der Waals surface area (Å²) in [6.45, 7) is 0.278. The summed E-state index contributed by atoms with van der Waals surface area (Å²) < 4.78 is 36.4. The van der Waals surface area contributed by atoms with E-state index in [0.717, 1.165) is 0 Å². The molecule has 25 heavy (non-hydrogen) atoms. The molecule has 0 bridgehead atoms. The van der Waals surface area contributed by atoms with Crippen LogP contribution in [-0.4, -0.2) is 27.9 Å². The Balaban J connectivity index is 2.01. The highest BCUT2D eigenvalue weighted by Crippen LogP contribution is 2.17. The van der Waals surface area contributed by atoms with Crippen molar-refractivity contribution in [1.82, 2.24) is 0 Å². The molecular weight excluding hydrogens is 369 g/mol. The third-order valence-electron chi connectivity index (χ3n) is 3.45. The predicted molar refractivity (Wildman–Crippen MR) is 93.3 cm³/mol. The van der Waals surface area contributed by atoms with Crippen LogP contribution in [0.4, 0.5) is 10.1 Å². The summed E-state index contributed by atoms with van der Waals surface area (Å²) in [5, 5.41) is 7.96. The Morgan fingerprint density at radius 3 is 2.60 bits per heavy atom. The monoisotopic (exact) mass is 386 g/mol. The van der Waals surface area contributed by atoms with E-state index in [-0.39, 0.29) is 23.9 Å². The molecule has 0 fully saturated rings. The SMILES string of the molecule is C[NH+](CC(=O)Nc1cccc(S(N)(=O)=O)c1)Cc1c(F)cccc1Cl. The van der Waals surface area contributed by atoms with Crippen molar-refractivity contribution in [2.45, 2.75) is 11.4 Å². The molecule has 0 saturated heterocycles. The number of halogens is 2. The minimum atomic E-state index is -3.85. The Kier molecular flexibility index (Phi) is 6.12. The van der Waals surface area contributed by atoms with Gasteiger partial charge in [0.25, 0.3) is 5.91 Å². The first-order chi connectivity index (χ1) is 11.7. The summed E-state index contributed by atoms with van der Waals surface area (Å²) in [6, 6.07) is 10.1. The Bertz CT molecular complexity index is 870. The molecule has 0 aliphatic heterocycles. The lowest BCUT2D eigenvalue weighted by molar-refractivity contribution is -0.885. The molecule has 6 nitrogen and oxygen atoms in total. The normalized spacial score (nSPS) is 12.6. The van der Waals surface area contributed by atoms with Gasteiger partial charge in [0.1, 0.15) is 12.4 Å². The van der Waals surface area contributed by atoms with E-state index in [2.05, 4.69) is 5.32 Å². The quantitative estimate of drug-likeness (QED) is 0.684. The van der Waals surface area contributed by atoms with Gasteiger partial charge in [-0.3, -0.25) is 4.79 Å². The van der Waals surface area contributed by atoms with E-state index in [0.29, 0.717) is 21.2 Å². The minimum absolute atomic E-state index is 0.0459. The fraction of sp³-hybridized carbons (Fsp3) is 0.188. The molecule has 0 heterocycles. The summed E-state index contributed by atoms with van der Waals surface area (Å²) in [6.07, 6.45) is 0. The van der Waals surface area contributed by atoms with Gasteiger partial charge in [0.05, 0.1) is 22.5 Å². The third-order valence-corrected chi connectivity index (χ3v) is 4.71. The molecule has 0 saturated carbocycles. The molecule has 0 aliphatic carbocycles. The van der Waals surface area contributed by atoms with Crippen LogP contribution in [0, 0.1) is 5.82 Å². The first kappa shape index (κ1) is 19.3. The number of nitrogens with one attached hydrogen (secondary N) is 2. The van der Waals surface area contributed by atoms with Gasteiger partial charge >= 0.3 is 0 Å². The van der Waals surface area contributed by atoms with Crippen LogP contribution < -0.4 is 15.4 Å². The predicted octanol–water partition coefficient (Wildman–Crippen LogP) is 0.780. The molecule has 2 aromatic rings. The summed E-state index contributed by atoms with van der Waals surface area (Å²) in [4.78, 5) is 12.7. The van der Waals surface area contributed by atoms with E-state index in [1.807, 2.05) is 0 Å². The zero-order chi connectivity index (χ0) is 18.6. The molecule has 1 unspecified atom stereocenters. The average Bonchev–Trinajstić information content (AvgIpc) is 2.50. The summed E-state index contributed by atoms with van der Waals surface area (Å²) >= 11 is 5.98. The molecule has 4 N–H and O–H groups in total. The number of amides is 1. The molecule has 2 aromatic carbocycles. The number of primary sulfonamides is 1. The Hall–Kier alpha value is -2.00. The fourth-order valence-corrected chi connectivity index (χ4v) is 3.08. The number of carbonyl (C=O) groups excluding carboxylic acids is 1. The topological polar surface area (TPSA) is 93.7 Å². The third kappa shape index (κ3) is 5.50. The first-order valence-electron chi connectivity index (χ1n) is 7.33. The summed E-state index contributed by atoms with van der Waals surface area (Å²) in [5.41, 5.74) is 0.652. The van der Waals surface area contributed by atoms with Gasteiger partial charge in [-0.15, -0.1) is 0 Å². The highest BCUT2D eigenvalue weighted by atomic mass is 35.5. The molecule has 0 aromatic heterocycles. The van der Waals surface area contributed by atoms with Crippen LogP contribution in [0.15, 0.2) is 47.4 Å². The van der Waals surface area contributed by atoms with Crippen LogP contribution in [0.2, 0.25) is 5.02 Å². The number of anilines is 1. The second-order valence-electron chi connectivity index (χ2n) is 5.63. The van der Waals surface area contributed by atoms with Gasteiger partial charge in [-0.05, 0) is 30.3 Å². The van der Waals surface area contributed by atoms with Crippen molar-refractivity contribution in [3.8, 4) is 0 Å². The minimum Gasteiger partial charge on any atom is -0.326 e. The molecule has 134 valence electrons. The van der Waals surface area contributed by atoms with Crippen LogP contribution in [0.3, 0.4) is 0 Å². The van der Waals surface area contributed by atoms with Crippen LogP contribution in [-0.2, 0) is 21.4 Å². The van der Waals surface area contributed by atoms with Gasteiger partial charge in [-0.2, -0.15) is 0 Å². The van der Waals surface area contributed by atoms with E-state index < -0.39 is 15.8 Å². The van der Waals surface area contributed by atoms with Gasteiger partial charge in [0.2, 0.25) is 10.0 Å². The molecule has 0 radical (unpaired) electrons. The van der Waals surface area contributed by atoms with E-state index >= 15 is 0 Å². The number of hydrogen-bond donors (Lipinski definition) is 3. The molecule has 1 amide bonds. The van der Waals surface area contributed by atoms with Gasteiger partial charge in [-0.25, -0.2) is 17.9 Å². The summed E-state index contributed by atoms with van der Waals surface area (Å²) in [5.74, 6) is -0.773. The molecule has 2 rings (SSSR count). The number of rotatable bonds is 6. The number of nitrogens with two attached hydrogens (primary N) is 1. The molecular formula is C16H18ClFN3O3S+. The van der Waals surface area contributed by atoms with Crippen LogP contribution in [0.5, 0.6) is 0 Å². The number of carbonyl (C=O) groups is 1. The van der Waals surface area contributed by atoms with Crippen LogP contribution >= 0.6 is 11.6 Å². The number of quaternary nitrogens is 1. The van der Waals surface area contributed by atoms with Crippen molar-refractivity contribution < 1.29 is 22.5 Å². The van der Waals surface area contributed by atoms with E-state index in [4.69, 9.17) is 16.7 Å². The Morgan fingerprint density at radius 2 is 1.96 bits per heavy atom. The van der Waals surface area contributed by atoms with Gasteiger partial charge in [0.15, 0.2) is 6.54 Å². The molecule has 1 atom stereocenters. The van der Waals surface area contributed by atoms with Gasteiger partial charge in [0, 0.05) is 5.69 Å². The second kappa shape index (κ2) is 7.92. The Labute approximate surface area is 150 Å². The largest absolute Gasteiger partial charge is 0.326 e. The smallest absolute Gasteiger partial charge is 0.279 e. The zero-order valence-corrected chi connectivity index (χ0v) is 15.0. The van der Waals surface area contributed by atoms with Crippen LogP contribution in [0.25, 0.3) is 0 Å². The van der Waals surface area contributed by atoms with E-state index in [1.54, 1.807) is 19.2 Å². The van der Waals surface area contributed by atoms with Crippen molar-refractivity contribution in [1.29, 1.82) is 0 Å². The van der Waals surface area contributed by atoms with Crippen LogP contribution in [0.1, 0.15) is 5.56 Å². The van der Waals surface area contributed by atoms with E-state index in [9.17, 15) is 17.6 Å². The van der Waals surface area contributed by atoms with Crippen molar-refractivity contribution in [3.05, 3.63) is 58.9 Å². The van der Waals surface area contributed by atoms with Crippen molar-refractivity contribution in [2.24, 2.45) is 5.14 Å². The second-order valence-corrected chi connectivity index (χ2v) is 7.60. The number of hydrogen-bond acceptors (Lipinski definition) is 3. The number of sulfonamides is 1. The van der Waals surface area contributed by atoms with Crippen molar-refractivity contribution >= 4 is 33.2 Å². The molecule has 9 heteroatoms. The maximum Gasteiger partial charge on any atom is 0.279 e. The lowest BCUT2D eigenvalue weighted by Gasteiger charge is -2.15. The van der Waals surface area contributed by atoms with Gasteiger partial charge in [-0.1, -0.05) is 23.7 Å². The number of benzene rings is 2. The van der Waals surface area contributed by atoms with Crippen molar-refractivity contribution in [3.63, 3.8) is 0 Å². The lowest BCUT2D eigenvalue weighted by atomic mass is 10.2. The standard InChI is InChI=1S/C16H17ClFN3O3S/c1-21(9-13-14(17)6-3-7-15(13)18)10-16(22)20-11-4-2-5-12(8-11)25(19,23)24/h2-8H,9-10H2,1H3,(H,20,22)(H2,19,23,24)/p+1. The molecule has 0 aliphatic rings. The molecule has 0 spiro atoms. The van der Waals surface area contributed by atoms with Crippen molar-refractivity contribution in [2.75, 3.05) is 18.9 Å². The summed E-state index contributed by atoms with van der Waals surface area (Å²) in [7, 11) is -2.12.